The van der Waals surface area contributed by atoms with Gasteiger partial charge < -0.3 is 9.64 Å². The number of hydrogen-bond donors (Lipinski definition) is 0. The maximum atomic E-state index is 13.6. The summed E-state index contributed by atoms with van der Waals surface area (Å²) in [5, 5.41) is 8.92. The molecule has 1 saturated heterocycles. The van der Waals surface area contributed by atoms with Crippen LogP contribution in [0.1, 0.15) is 35.7 Å². The molecule has 2 fully saturated rings. The quantitative estimate of drug-likeness (QED) is 0.555. The van der Waals surface area contributed by atoms with Crippen LogP contribution in [0.5, 0.6) is 0 Å². The Hall–Kier alpha value is -2.26. The second-order valence-electron chi connectivity index (χ2n) is 8.99. The molecule has 0 unspecified atom stereocenters. The van der Waals surface area contributed by atoms with Gasteiger partial charge in [0, 0.05) is 43.5 Å². The molecule has 1 aromatic carbocycles. The Balaban J connectivity index is 1.35. The highest BCUT2D eigenvalue weighted by Crippen LogP contribution is 2.37. The summed E-state index contributed by atoms with van der Waals surface area (Å²) in [6, 6.07) is 11.3. The van der Waals surface area contributed by atoms with Crippen LogP contribution in [0.15, 0.2) is 46.9 Å². The fourth-order valence-corrected chi connectivity index (χ4v) is 5.48. The van der Waals surface area contributed by atoms with Crippen LogP contribution in [0.25, 0.3) is 0 Å². The molecule has 1 saturated carbocycles. The predicted molar refractivity (Wildman–Crippen MR) is 133 cm³/mol. The summed E-state index contributed by atoms with van der Waals surface area (Å²) in [5.41, 5.74) is 1.75. The first-order valence-corrected chi connectivity index (χ1v) is 13.1. The Bertz CT molecular complexity index is 1050. The standard InChI is InChI=1S/C25H29ClN4O3S/c26-20-5-2-1-4-19(20)22-16-21(23-6-3-15-34-23)27-30(22)24(31)17-29(25(32)18-7-8-18)10-9-28-11-13-33-14-12-28/h1-6,15,18,22H,7-14,16-17H2/t22-/m0/s1. The number of morpholine rings is 1. The first-order chi connectivity index (χ1) is 16.6. The average molecular weight is 501 g/mol. The Labute approximate surface area is 208 Å². The zero-order chi connectivity index (χ0) is 23.5. The van der Waals surface area contributed by atoms with Crippen molar-refractivity contribution in [3.8, 4) is 0 Å². The molecule has 0 bridgehead atoms. The zero-order valence-corrected chi connectivity index (χ0v) is 20.6. The van der Waals surface area contributed by atoms with E-state index in [1.807, 2.05) is 41.8 Å². The van der Waals surface area contributed by atoms with Crippen LogP contribution < -0.4 is 0 Å². The minimum absolute atomic E-state index is 0.0296. The molecule has 0 radical (unpaired) electrons. The predicted octanol–water partition coefficient (Wildman–Crippen LogP) is 3.65. The molecule has 0 spiro atoms. The lowest BCUT2D eigenvalue weighted by molar-refractivity contribution is -0.142. The van der Waals surface area contributed by atoms with Gasteiger partial charge in [-0.25, -0.2) is 5.01 Å². The van der Waals surface area contributed by atoms with Crippen molar-refractivity contribution in [1.29, 1.82) is 0 Å². The maximum absolute atomic E-state index is 13.6. The van der Waals surface area contributed by atoms with E-state index in [4.69, 9.17) is 21.4 Å². The van der Waals surface area contributed by atoms with Crippen molar-refractivity contribution < 1.29 is 14.3 Å². The average Bonchev–Trinajstić information content (AvgIpc) is 3.37. The molecule has 180 valence electrons. The molecule has 3 heterocycles. The number of hydrogen-bond acceptors (Lipinski definition) is 6. The van der Waals surface area contributed by atoms with E-state index in [1.54, 1.807) is 21.2 Å². The van der Waals surface area contributed by atoms with E-state index in [1.165, 1.54) is 0 Å². The lowest BCUT2D eigenvalue weighted by Crippen LogP contribution is -2.47. The highest BCUT2D eigenvalue weighted by molar-refractivity contribution is 7.12. The van der Waals surface area contributed by atoms with Gasteiger partial charge in [-0.05, 0) is 35.9 Å². The van der Waals surface area contributed by atoms with Gasteiger partial charge in [-0.1, -0.05) is 35.9 Å². The van der Waals surface area contributed by atoms with Crippen LogP contribution in [-0.2, 0) is 14.3 Å². The molecule has 1 aromatic heterocycles. The molecule has 0 N–H and O–H groups in total. The van der Waals surface area contributed by atoms with Gasteiger partial charge in [-0.15, -0.1) is 11.3 Å². The van der Waals surface area contributed by atoms with E-state index in [-0.39, 0.29) is 30.3 Å². The van der Waals surface area contributed by atoms with Crippen molar-refractivity contribution in [3.63, 3.8) is 0 Å². The second kappa shape index (κ2) is 10.6. The van der Waals surface area contributed by atoms with Crippen LogP contribution in [-0.4, -0.2) is 78.3 Å². The molecule has 1 aliphatic carbocycles. The number of benzene rings is 1. The Kier molecular flexibility index (Phi) is 7.29. The van der Waals surface area contributed by atoms with Gasteiger partial charge in [0.2, 0.25) is 5.91 Å². The van der Waals surface area contributed by atoms with E-state index < -0.39 is 0 Å². The van der Waals surface area contributed by atoms with Crippen LogP contribution in [0, 0.1) is 5.92 Å². The minimum atomic E-state index is -0.282. The molecular weight excluding hydrogens is 472 g/mol. The van der Waals surface area contributed by atoms with Crippen LogP contribution in [0.2, 0.25) is 5.02 Å². The molecule has 9 heteroatoms. The van der Waals surface area contributed by atoms with Crippen LogP contribution in [0.4, 0.5) is 0 Å². The molecule has 2 aliphatic heterocycles. The van der Waals surface area contributed by atoms with Crippen LogP contribution >= 0.6 is 22.9 Å². The molecule has 34 heavy (non-hydrogen) atoms. The summed E-state index contributed by atoms with van der Waals surface area (Å²) in [5.74, 6) is -0.0365. The Morgan fingerprint density at radius 2 is 1.94 bits per heavy atom. The number of carbonyl (C=O) groups is 2. The lowest BCUT2D eigenvalue weighted by Gasteiger charge is -2.31. The summed E-state index contributed by atoms with van der Waals surface area (Å²) in [6.07, 6.45) is 2.42. The summed E-state index contributed by atoms with van der Waals surface area (Å²) in [7, 11) is 0. The highest BCUT2D eigenvalue weighted by atomic mass is 35.5. The van der Waals surface area contributed by atoms with Crippen molar-refractivity contribution in [3.05, 3.63) is 57.2 Å². The maximum Gasteiger partial charge on any atom is 0.262 e. The summed E-state index contributed by atoms with van der Waals surface area (Å²) in [6.45, 7) is 4.44. The van der Waals surface area contributed by atoms with Gasteiger partial charge in [0.15, 0.2) is 0 Å². The van der Waals surface area contributed by atoms with Crippen molar-refractivity contribution in [1.82, 2.24) is 14.8 Å². The first-order valence-electron chi connectivity index (χ1n) is 11.9. The third kappa shape index (κ3) is 5.35. The van der Waals surface area contributed by atoms with Gasteiger partial charge in [0.1, 0.15) is 6.54 Å². The highest BCUT2D eigenvalue weighted by Gasteiger charge is 2.38. The molecule has 5 rings (SSSR count). The van der Waals surface area contributed by atoms with E-state index in [2.05, 4.69) is 4.90 Å². The second-order valence-corrected chi connectivity index (χ2v) is 10.3. The zero-order valence-electron chi connectivity index (χ0n) is 19.1. The smallest absolute Gasteiger partial charge is 0.262 e. The van der Waals surface area contributed by atoms with E-state index in [0.29, 0.717) is 31.2 Å². The monoisotopic (exact) mass is 500 g/mol. The number of ether oxygens (including phenoxy) is 1. The van der Waals surface area contributed by atoms with Gasteiger partial charge in [-0.2, -0.15) is 5.10 Å². The fourth-order valence-electron chi connectivity index (χ4n) is 4.50. The van der Waals surface area contributed by atoms with Crippen molar-refractivity contribution >= 4 is 40.5 Å². The van der Waals surface area contributed by atoms with Gasteiger partial charge in [0.05, 0.1) is 29.8 Å². The van der Waals surface area contributed by atoms with Gasteiger partial charge in [-0.3, -0.25) is 14.5 Å². The number of nitrogens with zero attached hydrogens (tertiary/aromatic N) is 4. The van der Waals surface area contributed by atoms with E-state index in [0.717, 1.165) is 48.6 Å². The van der Waals surface area contributed by atoms with Crippen molar-refractivity contribution in [2.75, 3.05) is 45.9 Å². The van der Waals surface area contributed by atoms with Gasteiger partial charge in [0.25, 0.3) is 5.91 Å². The third-order valence-electron chi connectivity index (χ3n) is 6.59. The van der Waals surface area contributed by atoms with Crippen molar-refractivity contribution in [2.24, 2.45) is 11.0 Å². The molecule has 2 aromatic rings. The molecular formula is C25H29ClN4O3S. The third-order valence-corrected chi connectivity index (χ3v) is 7.85. The number of carbonyl (C=O) groups excluding carboxylic acids is 2. The largest absolute Gasteiger partial charge is 0.379 e. The summed E-state index contributed by atoms with van der Waals surface area (Å²) >= 11 is 8.13. The summed E-state index contributed by atoms with van der Waals surface area (Å²) in [4.78, 5) is 31.7. The van der Waals surface area contributed by atoms with Crippen molar-refractivity contribution in [2.45, 2.75) is 25.3 Å². The number of amides is 2. The van der Waals surface area contributed by atoms with E-state index >= 15 is 0 Å². The fraction of sp³-hybridized carbons (Fsp3) is 0.480. The molecule has 7 nitrogen and oxygen atoms in total. The SMILES string of the molecule is O=C(C1CC1)N(CCN1CCOCC1)CC(=O)N1N=C(c2cccs2)C[C@H]1c1ccccc1Cl. The topological polar surface area (TPSA) is 65.5 Å². The minimum Gasteiger partial charge on any atom is -0.379 e. The number of hydrazone groups is 1. The molecule has 2 amide bonds. The number of rotatable bonds is 8. The summed E-state index contributed by atoms with van der Waals surface area (Å²) < 4.78 is 5.43. The van der Waals surface area contributed by atoms with Gasteiger partial charge >= 0.3 is 0 Å². The normalized spacial score (nSPS) is 20.9. The van der Waals surface area contributed by atoms with Crippen LogP contribution in [0.3, 0.4) is 0 Å². The first kappa shape index (κ1) is 23.5. The number of halogens is 1. The molecule has 1 atom stereocenters. The molecule has 3 aliphatic rings. The van der Waals surface area contributed by atoms with E-state index in [9.17, 15) is 9.59 Å². The number of thiophene rings is 1. The Morgan fingerprint density at radius 1 is 1.15 bits per heavy atom. The lowest BCUT2D eigenvalue weighted by atomic mass is 10.0. The Morgan fingerprint density at radius 3 is 2.65 bits per heavy atom.